The number of nitrogens with two attached hydrogens (primary N) is 1. The van der Waals surface area contributed by atoms with Crippen LogP contribution in [0.5, 0.6) is 0 Å². The van der Waals surface area contributed by atoms with Crippen LogP contribution in [0.3, 0.4) is 0 Å². The van der Waals surface area contributed by atoms with Crippen molar-refractivity contribution >= 4 is 17.1 Å². The van der Waals surface area contributed by atoms with Crippen LogP contribution in [0.2, 0.25) is 0 Å². The predicted molar refractivity (Wildman–Crippen MR) is 54.0 cm³/mol. The zero-order chi connectivity index (χ0) is 9.26. The second kappa shape index (κ2) is 3.60. The minimum atomic E-state index is 0.0922. The highest BCUT2D eigenvalue weighted by Gasteiger charge is 2.30. The lowest BCUT2D eigenvalue weighted by atomic mass is 10.1. The molecule has 0 spiro atoms. The molecule has 0 radical (unpaired) electrons. The Labute approximate surface area is 81.8 Å². The van der Waals surface area contributed by atoms with E-state index in [0.717, 1.165) is 4.88 Å². The van der Waals surface area contributed by atoms with Crippen LogP contribution < -0.4 is 5.73 Å². The van der Waals surface area contributed by atoms with Gasteiger partial charge >= 0.3 is 0 Å². The molecule has 2 rings (SSSR count). The van der Waals surface area contributed by atoms with Gasteiger partial charge in [0.25, 0.3) is 0 Å². The van der Waals surface area contributed by atoms with E-state index < -0.39 is 0 Å². The maximum Gasteiger partial charge on any atom is 0.174 e. The molecule has 1 aromatic heterocycles. The molecule has 2 nitrogen and oxygen atoms in total. The lowest BCUT2D eigenvalue weighted by molar-refractivity contribution is 0.0975. The zero-order valence-electron chi connectivity index (χ0n) is 7.40. The summed E-state index contributed by atoms with van der Waals surface area (Å²) in [6.07, 6.45) is 2.93. The van der Waals surface area contributed by atoms with E-state index in [0.29, 0.717) is 12.3 Å². The minimum Gasteiger partial charge on any atom is -0.327 e. The van der Waals surface area contributed by atoms with E-state index in [1.54, 1.807) is 0 Å². The van der Waals surface area contributed by atoms with Crippen LogP contribution >= 0.6 is 11.3 Å². The first-order valence-electron chi connectivity index (χ1n) is 4.59. The van der Waals surface area contributed by atoms with E-state index in [2.05, 4.69) is 0 Å². The zero-order valence-corrected chi connectivity index (χ0v) is 8.22. The average molecular weight is 195 g/mol. The summed E-state index contributed by atoms with van der Waals surface area (Å²) in [7, 11) is 0. The van der Waals surface area contributed by atoms with E-state index >= 15 is 0 Å². The summed E-state index contributed by atoms with van der Waals surface area (Å²) in [6.45, 7) is 0. The molecule has 1 aliphatic carbocycles. The fourth-order valence-electron chi connectivity index (χ4n) is 1.44. The van der Waals surface area contributed by atoms with Crippen molar-refractivity contribution in [2.24, 2.45) is 11.7 Å². The second-order valence-electron chi connectivity index (χ2n) is 3.61. The Hall–Kier alpha value is -0.670. The summed E-state index contributed by atoms with van der Waals surface area (Å²) in [5.41, 5.74) is 5.87. The molecule has 1 saturated carbocycles. The van der Waals surface area contributed by atoms with Crippen LogP contribution in [0.15, 0.2) is 17.5 Å². The van der Waals surface area contributed by atoms with Crippen molar-refractivity contribution in [2.45, 2.75) is 25.3 Å². The summed E-state index contributed by atoms with van der Waals surface area (Å²) < 4.78 is 0. The molecule has 0 amide bonds. The summed E-state index contributed by atoms with van der Waals surface area (Å²) in [6, 6.07) is 3.86. The Morgan fingerprint density at radius 2 is 2.46 bits per heavy atom. The largest absolute Gasteiger partial charge is 0.327 e. The number of ketones is 1. The first-order chi connectivity index (χ1) is 6.27. The first kappa shape index (κ1) is 8.91. The van der Waals surface area contributed by atoms with Crippen molar-refractivity contribution in [3.05, 3.63) is 22.4 Å². The van der Waals surface area contributed by atoms with E-state index in [-0.39, 0.29) is 11.8 Å². The number of carbonyl (C=O) groups excluding carboxylic acids is 1. The third-order valence-corrected chi connectivity index (χ3v) is 3.36. The van der Waals surface area contributed by atoms with E-state index in [9.17, 15) is 4.79 Å². The third kappa shape index (κ3) is 2.17. The maximum atomic E-state index is 11.6. The van der Waals surface area contributed by atoms with Gasteiger partial charge in [-0.05, 0) is 30.2 Å². The third-order valence-electron chi connectivity index (χ3n) is 2.44. The molecule has 0 aliphatic heterocycles. The van der Waals surface area contributed by atoms with Gasteiger partial charge in [-0.2, -0.15) is 0 Å². The number of thiophene rings is 1. The molecule has 1 fully saturated rings. The Balaban J connectivity index is 1.91. The topological polar surface area (TPSA) is 43.1 Å². The van der Waals surface area contributed by atoms with Crippen molar-refractivity contribution in [1.82, 2.24) is 0 Å². The fraction of sp³-hybridized carbons (Fsp3) is 0.500. The van der Waals surface area contributed by atoms with Crippen LogP contribution in [0.25, 0.3) is 0 Å². The standard InChI is InChI=1S/C10H13NOS/c11-8(7-3-4-7)6-9(12)10-2-1-5-13-10/h1-2,5,7-8H,3-4,6,11H2. The molecule has 3 heteroatoms. The first-order valence-corrected chi connectivity index (χ1v) is 5.47. The van der Waals surface area contributed by atoms with Crippen molar-refractivity contribution in [1.29, 1.82) is 0 Å². The second-order valence-corrected chi connectivity index (χ2v) is 4.55. The minimum absolute atomic E-state index is 0.0922. The number of Topliss-reactive ketones (excluding diaryl/α,β-unsaturated/α-hetero) is 1. The van der Waals surface area contributed by atoms with Gasteiger partial charge in [0.2, 0.25) is 0 Å². The highest BCUT2D eigenvalue weighted by Crippen LogP contribution is 2.33. The van der Waals surface area contributed by atoms with Gasteiger partial charge in [-0.3, -0.25) is 4.79 Å². The summed E-state index contributed by atoms with van der Waals surface area (Å²) in [5, 5.41) is 1.93. The molecular weight excluding hydrogens is 182 g/mol. The summed E-state index contributed by atoms with van der Waals surface area (Å²) in [5.74, 6) is 0.818. The SMILES string of the molecule is NC(CC(=O)c1cccs1)C1CC1. The molecule has 1 heterocycles. The molecule has 0 saturated heterocycles. The molecule has 1 aliphatic rings. The van der Waals surface area contributed by atoms with Gasteiger partial charge in [0, 0.05) is 12.5 Å². The van der Waals surface area contributed by atoms with Gasteiger partial charge in [0.05, 0.1) is 4.88 Å². The lowest BCUT2D eigenvalue weighted by Crippen LogP contribution is -2.25. The van der Waals surface area contributed by atoms with Crippen LogP contribution in [0, 0.1) is 5.92 Å². The highest BCUT2D eigenvalue weighted by molar-refractivity contribution is 7.12. The van der Waals surface area contributed by atoms with E-state index in [4.69, 9.17) is 5.73 Å². The van der Waals surface area contributed by atoms with Gasteiger partial charge in [0.1, 0.15) is 0 Å². The quantitative estimate of drug-likeness (QED) is 0.747. The maximum absolute atomic E-state index is 11.6. The lowest BCUT2D eigenvalue weighted by Gasteiger charge is -2.07. The number of carbonyl (C=O) groups is 1. The molecule has 0 bridgehead atoms. The highest BCUT2D eigenvalue weighted by atomic mass is 32.1. The monoisotopic (exact) mass is 195 g/mol. The molecule has 1 unspecified atom stereocenters. The van der Waals surface area contributed by atoms with Gasteiger partial charge in [-0.15, -0.1) is 11.3 Å². The Morgan fingerprint density at radius 1 is 1.69 bits per heavy atom. The number of rotatable bonds is 4. The Bertz CT molecular complexity index is 290. The van der Waals surface area contributed by atoms with Gasteiger partial charge in [0.15, 0.2) is 5.78 Å². The van der Waals surface area contributed by atoms with Crippen molar-refractivity contribution in [3.8, 4) is 0 Å². The molecule has 0 aromatic carbocycles. The van der Waals surface area contributed by atoms with E-state index in [1.165, 1.54) is 24.2 Å². The van der Waals surface area contributed by atoms with E-state index in [1.807, 2.05) is 17.5 Å². The fourth-order valence-corrected chi connectivity index (χ4v) is 2.12. The van der Waals surface area contributed by atoms with Gasteiger partial charge in [-0.25, -0.2) is 0 Å². The van der Waals surface area contributed by atoms with Gasteiger partial charge < -0.3 is 5.73 Å². The number of hydrogen-bond donors (Lipinski definition) is 1. The molecule has 2 N–H and O–H groups in total. The summed E-state index contributed by atoms with van der Waals surface area (Å²) in [4.78, 5) is 12.4. The smallest absolute Gasteiger partial charge is 0.174 e. The van der Waals surface area contributed by atoms with Crippen LogP contribution in [0.1, 0.15) is 28.9 Å². The van der Waals surface area contributed by atoms with Crippen LogP contribution in [-0.4, -0.2) is 11.8 Å². The Kier molecular flexibility index (Phi) is 2.47. The number of hydrogen-bond acceptors (Lipinski definition) is 3. The van der Waals surface area contributed by atoms with Crippen molar-refractivity contribution < 1.29 is 4.79 Å². The average Bonchev–Trinajstić information content (AvgIpc) is 2.81. The van der Waals surface area contributed by atoms with Crippen molar-refractivity contribution in [3.63, 3.8) is 0 Å². The normalized spacial score (nSPS) is 18.5. The van der Waals surface area contributed by atoms with Crippen LogP contribution in [-0.2, 0) is 0 Å². The molecule has 1 atom stereocenters. The molecule has 1 aromatic rings. The molecule has 13 heavy (non-hydrogen) atoms. The Morgan fingerprint density at radius 3 is 3.00 bits per heavy atom. The van der Waals surface area contributed by atoms with Crippen LogP contribution in [0.4, 0.5) is 0 Å². The molecular formula is C10H13NOS. The van der Waals surface area contributed by atoms with Crippen molar-refractivity contribution in [2.75, 3.05) is 0 Å². The summed E-state index contributed by atoms with van der Waals surface area (Å²) >= 11 is 1.50. The molecule has 70 valence electrons. The predicted octanol–water partition coefficient (Wildman–Crippen LogP) is 2.06. The van der Waals surface area contributed by atoms with Gasteiger partial charge in [-0.1, -0.05) is 6.07 Å².